The van der Waals surface area contributed by atoms with E-state index in [1.54, 1.807) is 0 Å². The van der Waals surface area contributed by atoms with E-state index in [1.807, 2.05) is 0 Å². The number of rotatable bonds is 17. The van der Waals surface area contributed by atoms with Gasteiger partial charge in [0.05, 0.1) is 0 Å². The van der Waals surface area contributed by atoms with Gasteiger partial charge in [0, 0.05) is 25.4 Å². The molecule has 0 aromatic carbocycles. The molecule has 0 radical (unpaired) electrons. The first-order chi connectivity index (χ1) is 14.1. The summed E-state index contributed by atoms with van der Waals surface area (Å²) in [5.74, 6) is -0.736. The molecular weight excluding hydrogens is 362 g/mol. The Morgan fingerprint density at radius 3 is 2.03 bits per heavy atom. The number of nitrogens with zero attached hydrogens (tertiary/aromatic N) is 1. The van der Waals surface area contributed by atoms with E-state index >= 15 is 0 Å². The molecule has 1 heterocycles. The molecule has 1 aliphatic heterocycles. The van der Waals surface area contributed by atoms with Gasteiger partial charge in [0.25, 0.3) is 0 Å². The normalized spacial score (nSPS) is 18.8. The largest absolute Gasteiger partial charge is 0.393 e. The van der Waals surface area contributed by atoms with Gasteiger partial charge >= 0.3 is 11.9 Å². The van der Waals surface area contributed by atoms with E-state index in [0.717, 1.165) is 64.5 Å². The number of allylic oxidation sites excluding steroid dienone is 6. The maximum Gasteiger partial charge on any atom is 0.313 e. The predicted molar refractivity (Wildman–Crippen MR) is 121 cm³/mol. The average molecular weight is 404 g/mol. The molecule has 0 bridgehead atoms. The second kappa shape index (κ2) is 17.2. The number of carbonyl (C=O) groups is 2. The van der Waals surface area contributed by atoms with E-state index in [-0.39, 0.29) is 11.9 Å². The Hall–Kier alpha value is -1.68. The Labute approximate surface area is 178 Å². The summed E-state index contributed by atoms with van der Waals surface area (Å²) in [4.78, 5) is 25.6. The van der Waals surface area contributed by atoms with Crippen molar-refractivity contribution in [1.82, 2.24) is 4.90 Å². The molecule has 2 unspecified atom stereocenters. The second-order valence-corrected chi connectivity index (χ2v) is 7.89. The van der Waals surface area contributed by atoms with E-state index in [4.69, 9.17) is 4.74 Å². The summed E-state index contributed by atoms with van der Waals surface area (Å²) in [6, 6.07) is 0.656. The summed E-state index contributed by atoms with van der Waals surface area (Å²) in [6.07, 6.45) is 24.4. The first kappa shape index (κ1) is 25.4. The highest BCUT2D eigenvalue weighted by Gasteiger charge is 2.27. The lowest BCUT2D eigenvalue weighted by Crippen LogP contribution is -2.13. The second-order valence-electron chi connectivity index (χ2n) is 7.89. The molecule has 0 saturated carbocycles. The summed E-state index contributed by atoms with van der Waals surface area (Å²) in [7, 11) is 0. The molecule has 4 heteroatoms. The molecule has 0 amide bonds. The number of hydrogen-bond acceptors (Lipinski definition) is 4. The zero-order valence-corrected chi connectivity index (χ0v) is 18.6. The minimum Gasteiger partial charge on any atom is -0.393 e. The van der Waals surface area contributed by atoms with Gasteiger partial charge in [-0.2, -0.15) is 0 Å². The van der Waals surface area contributed by atoms with Crippen LogP contribution in [-0.2, 0) is 14.3 Å². The van der Waals surface area contributed by atoms with E-state index < -0.39 is 0 Å². The minimum absolute atomic E-state index is 0.341. The molecule has 4 nitrogen and oxygen atoms in total. The highest BCUT2D eigenvalue weighted by molar-refractivity contribution is 5.85. The first-order valence-electron chi connectivity index (χ1n) is 11.6. The van der Waals surface area contributed by atoms with E-state index in [9.17, 15) is 9.59 Å². The van der Waals surface area contributed by atoms with Gasteiger partial charge in [-0.3, -0.25) is 14.5 Å². The van der Waals surface area contributed by atoms with Crippen LogP contribution in [0.4, 0.5) is 0 Å². The van der Waals surface area contributed by atoms with Crippen LogP contribution in [0.25, 0.3) is 0 Å². The molecule has 1 saturated heterocycles. The molecule has 29 heavy (non-hydrogen) atoms. The third-order valence-corrected chi connectivity index (χ3v) is 5.07. The summed E-state index contributed by atoms with van der Waals surface area (Å²) in [6.45, 7) is 6.37. The number of unbranched alkanes of at least 4 members (excludes halogenated alkanes) is 5. The monoisotopic (exact) mass is 403 g/mol. The Morgan fingerprint density at radius 1 is 0.828 bits per heavy atom. The number of hydrogen-bond donors (Lipinski definition) is 0. The molecule has 0 N–H and O–H groups in total. The standard InChI is InChI=1S/C25H41NO3/c1-3-4-5-6-7-8-9-10-11-12-13-14-15-16-17-19-24(27)29-25(28)20-18-21-26-22-23(26)2/h4-5,7-8,10-11,23H,3,6,9,12-22H2,1-2H3/b5-4-,8-7-,11-10-. The van der Waals surface area contributed by atoms with Gasteiger partial charge in [-0.25, -0.2) is 0 Å². The highest BCUT2D eigenvalue weighted by atomic mass is 16.6. The molecule has 0 aliphatic carbocycles. The van der Waals surface area contributed by atoms with Crippen LogP contribution in [0.2, 0.25) is 0 Å². The molecular formula is C25H41NO3. The number of carbonyl (C=O) groups excluding carboxylic acids is 2. The van der Waals surface area contributed by atoms with Gasteiger partial charge in [-0.15, -0.1) is 0 Å². The third kappa shape index (κ3) is 15.9. The van der Waals surface area contributed by atoms with Crippen molar-refractivity contribution < 1.29 is 14.3 Å². The fourth-order valence-electron chi connectivity index (χ4n) is 3.15. The highest BCUT2D eigenvalue weighted by Crippen LogP contribution is 2.16. The average Bonchev–Trinajstić information content (AvgIpc) is 3.39. The van der Waals surface area contributed by atoms with Crippen LogP contribution in [0.15, 0.2) is 36.5 Å². The fraction of sp³-hybridized carbons (Fsp3) is 0.680. The van der Waals surface area contributed by atoms with Crippen molar-refractivity contribution in [2.24, 2.45) is 0 Å². The molecule has 1 aliphatic rings. The van der Waals surface area contributed by atoms with E-state index in [1.165, 1.54) is 12.8 Å². The third-order valence-electron chi connectivity index (χ3n) is 5.07. The molecule has 0 aromatic heterocycles. The van der Waals surface area contributed by atoms with Gasteiger partial charge in [-0.05, 0) is 58.4 Å². The van der Waals surface area contributed by atoms with Crippen LogP contribution in [0.5, 0.6) is 0 Å². The zero-order valence-electron chi connectivity index (χ0n) is 18.6. The molecule has 1 fully saturated rings. The van der Waals surface area contributed by atoms with Crippen molar-refractivity contribution >= 4 is 11.9 Å². The first-order valence-corrected chi connectivity index (χ1v) is 11.6. The van der Waals surface area contributed by atoms with Crippen LogP contribution in [-0.4, -0.2) is 36.0 Å². The molecule has 1 rings (SSSR count). The minimum atomic E-state index is -0.372. The van der Waals surface area contributed by atoms with Crippen molar-refractivity contribution in [3.05, 3.63) is 36.5 Å². The Morgan fingerprint density at radius 2 is 1.38 bits per heavy atom. The van der Waals surface area contributed by atoms with Gasteiger partial charge in [0.2, 0.25) is 0 Å². The van der Waals surface area contributed by atoms with Crippen LogP contribution < -0.4 is 0 Å². The van der Waals surface area contributed by atoms with E-state index in [2.05, 4.69) is 55.2 Å². The summed E-state index contributed by atoms with van der Waals surface area (Å²) in [5, 5.41) is 0. The quantitative estimate of drug-likeness (QED) is 0.0963. The van der Waals surface area contributed by atoms with Crippen LogP contribution in [0.3, 0.4) is 0 Å². The number of esters is 2. The maximum atomic E-state index is 11.7. The lowest BCUT2D eigenvalue weighted by atomic mass is 10.1. The van der Waals surface area contributed by atoms with Crippen molar-refractivity contribution in [1.29, 1.82) is 0 Å². The Bertz CT molecular complexity index is 536. The maximum absolute atomic E-state index is 11.7. The van der Waals surface area contributed by atoms with Crippen molar-refractivity contribution in [3.8, 4) is 0 Å². The number of ether oxygens (including phenoxy) is 1. The lowest BCUT2D eigenvalue weighted by Gasteiger charge is -2.04. The van der Waals surface area contributed by atoms with Crippen LogP contribution in [0.1, 0.15) is 90.9 Å². The van der Waals surface area contributed by atoms with Crippen molar-refractivity contribution in [3.63, 3.8) is 0 Å². The molecule has 0 spiro atoms. The van der Waals surface area contributed by atoms with E-state index in [0.29, 0.717) is 18.9 Å². The molecule has 0 aromatic rings. The lowest BCUT2D eigenvalue weighted by molar-refractivity contribution is -0.159. The van der Waals surface area contributed by atoms with Crippen LogP contribution >= 0.6 is 0 Å². The molecule has 2 atom stereocenters. The smallest absolute Gasteiger partial charge is 0.313 e. The SMILES string of the molecule is CC/C=C\C/C=C\C/C=C\CCCCCCCC(=O)OC(=O)CCCN1CC1C. The van der Waals surface area contributed by atoms with Crippen molar-refractivity contribution in [2.45, 2.75) is 96.9 Å². The van der Waals surface area contributed by atoms with Crippen molar-refractivity contribution in [2.75, 3.05) is 13.1 Å². The Balaban J connectivity index is 1.84. The van der Waals surface area contributed by atoms with Gasteiger partial charge in [0.15, 0.2) is 0 Å². The predicted octanol–water partition coefficient (Wildman–Crippen LogP) is 6.13. The summed E-state index contributed by atoms with van der Waals surface area (Å²) < 4.78 is 4.88. The zero-order chi connectivity index (χ0) is 21.2. The topological polar surface area (TPSA) is 46.4 Å². The Kier molecular flexibility index (Phi) is 15.0. The summed E-state index contributed by atoms with van der Waals surface area (Å²) in [5.41, 5.74) is 0. The van der Waals surface area contributed by atoms with Gasteiger partial charge in [-0.1, -0.05) is 62.6 Å². The summed E-state index contributed by atoms with van der Waals surface area (Å²) >= 11 is 0. The molecule has 164 valence electrons. The van der Waals surface area contributed by atoms with Gasteiger partial charge < -0.3 is 4.74 Å². The van der Waals surface area contributed by atoms with Crippen LogP contribution in [0, 0.1) is 0 Å². The fourth-order valence-corrected chi connectivity index (χ4v) is 3.15. The van der Waals surface area contributed by atoms with Gasteiger partial charge in [0.1, 0.15) is 0 Å².